The summed E-state index contributed by atoms with van der Waals surface area (Å²) in [5, 5.41) is 18.0. The highest BCUT2D eigenvalue weighted by Crippen LogP contribution is 2.27. The van der Waals surface area contributed by atoms with Gasteiger partial charge >= 0.3 is 5.69 Å². The van der Waals surface area contributed by atoms with E-state index in [9.17, 15) is 14.7 Å². The van der Waals surface area contributed by atoms with Crippen LogP contribution in [-0.4, -0.2) is 73.7 Å². The molecule has 1 aliphatic carbocycles. The highest BCUT2D eigenvalue weighted by atomic mass is 32.1. The molecule has 4 aromatic rings. The summed E-state index contributed by atoms with van der Waals surface area (Å²) in [5.41, 5.74) is 1.61. The summed E-state index contributed by atoms with van der Waals surface area (Å²) in [6, 6.07) is 5.83. The van der Waals surface area contributed by atoms with E-state index in [0.29, 0.717) is 33.5 Å². The Morgan fingerprint density at radius 2 is 2.20 bits per heavy atom. The van der Waals surface area contributed by atoms with E-state index >= 15 is 0 Å². The van der Waals surface area contributed by atoms with Crippen LogP contribution in [0.4, 0.5) is 0 Å². The Labute approximate surface area is 203 Å². The average molecular weight is 495 g/mol. The Bertz CT molecular complexity index is 1560. The first-order valence-electron chi connectivity index (χ1n) is 11.4. The second-order valence-electron chi connectivity index (χ2n) is 8.76. The van der Waals surface area contributed by atoms with Gasteiger partial charge in [0.25, 0.3) is 5.91 Å². The molecule has 4 aromatic heterocycles. The number of carbonyl (C=O) groups is 1. The fourth-order valence-corrected chi connectivity index (χ4v) is 4.49. The minimum atomic E-state index is -0.505. The number of fused-ring (bicyclic) bond motifs is 1. The van der Waals surface area contributed by atoms with Crippen LogP contribution < -0.4 is 21.7 Å². The molecule has 12 heteroatoms. The molecular formula is C23H26N8O3S. The van der Waals surface area contributed by atoms with Gasteiger partial charge < -0.3 is 20.3 Å². The second-order valence-corrected chi connectivity index (χ2v) is 9.84. The number of thiophene rings is 1. The summed E-state index contributed by atoms with van der Waals surface area (Å²) in [6.07, 6.45) is 6.17. The van der Waals surface area contributed by atoms with Gasteiger partial charge in [-0.15, -0.1) is 11.3 Å². The molecule has 0 unspecified atom stereocenters. The van der Waals surface area contributed by atoms with E-state index in [2.05, 4.69) is 25.3 Å². The molecule has 0 spiro atoms. The Morgan fingerprint density at radius 3 is 2.91 bits per heavy atom. The first-order chi connectivity index (χ1) is 16.9. The van der Waals surface area contributed by atoms with E-state index in [1.54, 1.807) is 22.9 Å². The Balaban J connectivity index is 1.51. The van der Waals surface area contributed by atoms with Crippen LogP contribution in [0.1, 0.15) is 34.6 Å². The smallest absolute Gasteiger partial charge is 0.326 e. The quantitative estimate of drug-likeness (QED) is 0.262. The normalized spacial score (nSPS) is 14.9. The fraction of sp³-hybridized carbons (Fsp3) is 0.348. The van der Waals surface area contributed by atoms with Gasteiger partial charge in [0.1, 0.15) is 5.69 Å². The number of hydrogen-bond acceptors (Lipinski definition) is 8. The van der Waals surface area contributed by atoms with Crippen molar-refractivity contribution >= 4 is 29.0 Å². The molecular weight excluding hydrogens is 468 g/mol. The number of amides is 1. The van der Waals surface area contributed by atoms with Crippen LogP contribution in [0.15, 0.2) is 34.2 Å². The van der Waals surface area contributed by atoms with Crippen LogP contribution in [0.2, 0.25) is 0 Å². The number of nitrogens with one attached hydrogen (secondary N) is 3. The number of nitrogens with zero attached hydrogens (tertiary/aromatic N) is 5. The van der Waals surface area contributed by atoms with Gasteiger partial charge in [-0.2, -0.15) is 9.61 Å². The number of rotatable bonds is 8. The van der Waals surface area contributed by atoms with Crippen LogP contribution in [0.5, 0.6) is 5.88 Å². The van der Waals surface area contributed by atoms with Crippen molar-refractivity contribution in [3.8, 4) is 16.5 Å². The van der Waals surface area contributed by atoms with Gasteiger partial charge in [-0.25, -0.2) is 9.78 Å². The lowest BCUT2D eigenvalue weighted by molar-refractivity contribution is 0.0956. The number of carbonyl (C=O) groups excluding carboxylic acids is 1. The van der Waals surface area contributed by atoms with E-state index in [1.807, 2.05) is 26.2 Å². The number of aromatic amines is 2. The first-order valence-corrected chi connectivity index (χ1v) is 12.2. The highest BCUT2D eigenvalue weighted by Gasteiger charge is 2.21. The van der Waals surface area contributed by atoms with Gasteiger partial charge in [-0.1, -0.05) is 0 Å². The average Bonchev–Trinajstić information content (AvgIpc) is 3.19. The van der Waals surface area contributed by atoms with Crippen LogP contribution >= 0.6 is 11.3 Å². The first kappa shape index (κ1) is 23.0. The molecule has 35 heavy (non-hydrogen) atoms. The molecule has 4 N–H and O–H groups in total. The lowest BCUT2D eigenvalue weighted by atomic mass is 10.3. The van der Waals surface area contributed by atoms with Crippen molar-refractivity contribution in [3.63, 3.8) is 0 Å². The molecule has 0 atom stereocenters. The van der Waals surface area contributed by atoms with Gasteiger partial charge in [0.15, 0.2) is 11.1 Å². The maximum absolute atomic E-state index is 12.6. The Hall–Kier alpha value is -3.77. The minimum absolute atomic E-state index is 0.103. The zero-order valence-electron chi connectivity index (χ0n) is 19.4. The summed E-state index contributed by atoms with van der Waals surface area (Å²) in [7, 11) is 4.01. The number of hydrogen-bond donors (Lipinski definition) is 4. The van der Waals surface area contributed by atoms with Crippen molar-refractivity contribution in [2.24, 2.45) is 4.99 Å². The van der Waals surface area contributed by atoms with Crippen molar-refractivity contribution in [1.29, 1.82) is 0 Å². The maximum atomic E-state index is 12.6. The zero-order valence-corrected chi connectivity index (χ0v) is 20.2. The van der Waals surface area contributed by atoms with E-state index in [-0.39, 0.29) is 23.5 Å². The highest BCUT2D eigenvalue weighted by molar-refractivity contribution is 7.17. The molecule has 1 saturated carbocycles. The van der Waals surface area contributed by atoms with Crippen molar-refractivity contribution in [2.45, 2.75) is 25.3 Å². The molecule has 11 nitrogen and oxygen atoms in total. The monoisotopic (exact) mass is 494 g/mol. The molecule has 5 rings (SSSR count). The van der Waals surface area contributed by atoms with Gasteiger partial charge in [-0.3, -0.25) is 14.8 Å². The number of aromatic nitrogens is 5. The van der Waals surface area contributed by atoms with E-state index < -0.39 is 5.69 Å². The third kappa shape index (κ3) is 5.17. The SMILES string of the molecule is CN(C)CCCNC(=O)c1ccc(-c2cc(=NC3CC3)n3nc/c(=C/c4[nH]c(=O)[nH]c4O)c3n2)s1. The number of aromatic hydroxyl groups is 1. The molecule has 1 amide bonds. The predicted molar refractivity (Wildman–Crippen MR) is 132 cm³/mol. The molecule has 1 fully saturated rings. The number of H-pyrrole nitrogens is 2. The topological polar surface area (TPSA) is 144 Å². The summed E-state index contributed by atoms with van der Waals surface area (Å²) in [5.74, 6) is -0.359. The minimum Gasteiger partial charge on any atom is -0.493 e. The van der Waals surface area contributed by atoms with Gasteiger partial charge in [0, 0.05) is 17.8 Å². The van der Waals surface area contributed by atoms with Gasteiger partial charge in [-0.05, 0) is 58.1 Å². The second kappa shape index (κ2) is 9.47. The van der Waals surface area contributed by atoms with E-state index in [0.717, 1.165) is 30.7 Å². The molecule has 0 saturated heterocycles. The largest absolute Gasteiger partial charge is 0.493 e. The number of imidazole rings is 1. The Morgan fingerprint density at radius 1 is 1.37 bits per heavy atom. The summed E-state index contributed by atoms with van der Waals surface area (Å²) < 4.78 is 1.65. The van der Waals surface area contributed by atoms with Crippen LogP contribution in [0, 0.1) is 0 Å². The molecule has 182 valence electrons. The van der Waals surface area contributed by atoms with Crippen molar-refractivity contribution in [3.05, 3.63) is 56.2 Å². The molecule has 0 radical (unpaired) electrons. The third-order valence-electron chi connectivity index (χ3n) is 5.53. The van der Waals surface area contributed by atoms with E-state index in [1.165, 1.54) is 11.3 Å². The maximum Gasteiger partial charge on any atom is 0.326 e. The third-order valence-corrected chi connectivity index (χ3v) is 6.63. The Kier molecular flexibility index (Phi) is 6.22. The van der Waals surface area contributed by atoms with Crippen LogP contribution in [0.25, 0.3) is 22.3 Å². The summed E-state index contributed by atoms with van der Waals surface area (Å²) >= 11 is 1.37. The molecule has 0 aliphatic heterocycles. The predicted octanol–water partition coefficient (Wildman–Crippen LogP) is 0.472. The molecule has 1 aliphatic rings. The lowest BCUT2D eigenvalue weighted by Gasteiger charge is -2.09. The van der Waals surface area contributed by atoms with Gasteiger partial charge in [0.2, 0.25) is 5.88 Å². The van der Waals surface area contributed by atoms with Crippen molar-refractivity contribution in [2.75, 3.05) is 27.2 Å². The molecule has 0 aromatic carbocycles. The van der Waals surface area contributed by atoms with Crippen molar-refractivity contribution in [1.82, 2.24) is 34.8 Å². The molecule has 0 bridgehead atoms. The van der Waals surface area contributed by atoms with Crippen LogP contribution in [-0.2, 0) is 0 Å². The zero-order chi connectivity index (χ0) is 24.5. The van der Waals surface area contributed by atoms with E-state index in [4.69, 9.17) is 9.98 Å². The van der Waals surface area contributed by atoms with Crippen molar-refractivity contribution < 1.29 is 9.90 Å². The summed E-state index contributed by atoms with van der Waals surface area (Å²) in [4.78, 5) is 42.1. The molecule has 4 heterocycles. The lowest BCUT2D eigenvalue weighted by Crippen LogP contribution is -2.26. The standard InChI is InChI=1S/C23H26N8O3S/c1-30(2)9-3-8-24-22(33)18-7-6-17(35-18)15-11-19(26-14-4-5-14)31-20(27-15)13(12-25-31)10-16-21(32)29-23(34)28-16/h6-7,10-12,14,32H,3-5,8-9H2,1-2H3,(H,24,33)(H2,28,29,34)/b13-10-,26-19?. The fourth-order valence-electron chi connectivity index (χ4n) is 3.60. The van der Waals surface area contributed by atoms with Gasteiger partial charge in [0.05, 0.1) is 27.7 Å². The summed E-state index contributed by atoms with van der Waals surface area (Å²) in [6.45, 7) is 1.52. The van der Waals surface area contributed by atoms with Crippen LogP contribution in [0.3, 0.4) is 0 Å².